The summed E-state index contributed by atoms with van der Waals surface area (Å²) in [4.78, 5) is 4.03. The Morgan fingerprint density at radius 2 is 2.11 bits per heavy atom. The molecular weight excluding hydrogens is 322 g/mol. The quantitative estimate of drug-likeness (QED) is 0.711. The molecule has 0 radical (unpaired) electrons. The number of hydrogen-bond acceptors (Lipinski definition) is 1. The van der Waals surface area contributed by atoms with E-state index in [2.05, 4.69) is 52.1 Å². The average Bonchev–Trinajstić information content (AvgIpc) is 2.40. The largest absolute Gasteiger partial charge is 0.263 e. The highest BCUT2D eigenvalue weighted by atomic mass is 79.9. The summed E-state index contributed by atoms with van der Waals surface area (Å²) >= 11 is 9.79. The number of nitrogens with zero attached hydrogens (tertiary/aromatic N) is 1. The number of halogens is 2. The molecule has 0 aliphatic heterocycles. The molecule has 100 valence electrons. The summed E-state index contributed by atoms with van der Waals surface area (Å²) in [5.74, 6) is 0.543. The van der Waals surface area contributed by atoms with E-state index < -0.39 is 0 Å². The summed E-state index contributed by atoms with van der Waals surface area (Å²) in [7, 11) is 0. The second kappa shape index (κ2) is 7.06. The van der Waals surface area contributed by atoms with Crippen molar-refractivity contribution in [2.75, 3.05) is 5.33 Å². The van der Waals surface area contributed by atoms with E-state index >= 15 is 0 Å². The molecule has 0 aliphatic rings. The summed E-state index contributed by atoms with van der Waals surface area (Å²) in [6.07, 6.45) is 5.56. The minimum Gasteiger partial charge on any atom is -0.263 e. The average molecular weight is 339 g/mol. The molecule has 1 atom stereocenters. The summed E-state index contributed by atoms with van der Waals surface area (Å²) in [6.45, 7) is 2.13. The number of aromatic nitrogens is 1. The van der Waals surface area contributed by atoms with Crippen LogP contribution in [0.25, 0.3) is 0 Å². The van der Waals surface area contributed by atoms with Gasteiger partial charge in [0.25, 0.3) is 0 Å². The fraction of sp³-hybridized carbons (Fsp3) is 0.312. The first-order chi connectivity index (χ1) is 9.19. The van der Waals surface area contributed by atoms with E-state index in [1.807, 2.05) is 6.07 Å². The summed E-state index contributed by atoms with van der Waals surface area (Å²) in [5, 5.41) is 1.73. The van der Waals surface area contributed by atoms with Gasteiger partial charge in [0.05, 0.1) is 5.02 Å². The summed E-state index contributed by atoms with van der Waals surface area (Å²) in [6, 6.07) is 10.7. The number of benzene rings is 1. The maximum atomic E-state index is 6.18. The first-order valence-corrected chi connectivity index (χ1v) is 7.89. The molecule has 1 aromatic heterocycles. The fourth-order valence-corrected chi connectivity index (χ4v) is 2.89. The van der Waals surface area contributed by atoms with Crippen molar-refractivity contribution < 1.29 is 0 Å². The second-order valence-corrected chi connectivity index (χ2v) is 5.94. The van der Waals surface area contributed by atoms with E-state index in [9.17, 15) is 0 Å². The standard InChI is InChI=1S/C16H17BrClN/c1-12-3-2-4-13(7-12)8-14(10-17)9-15-5-6-19-11-16(15)18/h2-7,11,14H,8-10H2,1H3. The van der Waals surface area contributed by atoms with Crippen molar-refractivity contribution in [1.82, 2.24) is 4.98 Å². The molecule has 0 amide bonds. The molecule has 1 unspecified atom stereocenters. The van der Waals surface area contributed by atoms with Gasteiger partial charge in [-0.2, -0.15) is 0 Å². The van der Waals surface area contributed by atoms with Gasteiger partial charge in [-0.1, -0.05) is 57.4 Å². The Bertz CT molecular complexity index is 542. The van der Waals surface area contributed by atoms with Crippen LogP contribution in [0.15, 0.2) is 42.7 Å². The van der Waals surface area contributed by atoms with Crippen molar-refractivity contribution in [2.24, 2.45) is 5.92 Å². The molecule has 1 heterocycles. The third-order valence-corrected chi connectivity index (χ3v) is 4.45. The minimum absolute atomic E-state index is 0.543. The zero-order chi connectivity index (χ0) is 13.7. The van der Waals surface area contributed by atoms with Gasteiger partial charge in [0.1, 0.15) is 0 Å². The molecule has 0 bridgehead atoms. The van der Waals surface area contributed by atoms with E-state index in [4.69, 9.17) is 11.6 Å². The first kappa shape index (κ1) is 14.5. The minimum atomic E-state index is 0.543. The maximum absolute atomic E-state index is 6.18. The number of aryl methyl sites for hydroxylation is 1. The van der Waals surface area contributed by atoms with E-state index in [1.54, 1.807) is 12.4 Å². The van der Waals surface area contributed by atoms with Gasteiger partial charge in [-0.25, -0.2) is 0 Å². The molecule has 0 spiro atoms. The Hall–Kier alpha value is -0.860. The lowest BCUT2D eigenvalue weighted by Gasteiger charge is -2.15. The highest BCUT2D eigenvalue weighted by Gasteiger charge is 2.11. The van der Waals surface area contributed by atoms with Gasteiger partial charge in [-0.05, 0) is 42.9 Å². The van der Waals surface area contributed by atoms with E-state index in [0.717, 1.165) is 23.2 Å². The van der Waals surface area contributed by atoms with Gasteiger partial charge < -0.3 is 0 Å². The Kier molecular flexibility index (Phi) is 5.41. The number of hydrogen-bond donors (Lipinski definition) is 0. The van der Waals surface area contributed by atoms with Gasteiger partial charge in [-0.3, -0.25) is 4.98 Å². The molecule has 0 saturated carbocycles. The normalized spacial score (nSPS) is 12.4. The molecule has 0 saturated heterocycles. The van der Waals surface area contributed by atoms with Crippen molar-refractivity contribution in [3.8, 4) is 0 Å². The Balaban J connectivity index is 2.07. The molecule has 0 aliphatic carbocycles. The van der Waals surface area contributed by atoms with Crippen LogP contribution < -0.4 is 0 Å². The van der Waals surface area contributed by atoms with E-state index in [-0.39, 0.29) is 0 Å². The summed E-state index contributed by atoms with van der Waals surface area (Å²) < 4.78 is 0. The second-order valence-electron chi connectivity index (χ2n) is 4.88. The summed E-state index contributed by atoms with van der Waals surface area (Å²) in [5.41, 5.74) is 3.87. The topological polar surface area (TPSA) is 12.9 Å². The maximum Gasteiger partial charge on any atom is 0.0621 e. The first-order valence-electron chi connectivity index (χ1n) is 6.39. The van der Waals surface area contributed by atoms with Gasteiger partial charge >= 0.3 is 0 Å². The molecule has 1 nitrogen and oxygen atoms in total. The zero-order valence-corrected chi connectivity index (χ0v) is 13.3. The molecule has 2 aromatic rings. The Morgan fingerprint density at radius 1 is 1.26 bits per heavy atom. The van der Waals surface area contributed by atoms with Gasteiger partial charge in [0.15, 0.2) is 0 Å². The SMILES string of the molecule is Cc1cccc(CC(CBr)Cc2ccncc2Cl)c1. The molecule has 0 fully saturated rings. The van der Waals surface area contributed by atoms with Crippen molar-refractivity contribution in [3.05, 3.63) is 64.4 Å². The van der Waals surface area contributed by atoms with Crippen molar-refractivity contribution in [2.45, 2.75) is 19.8 Å². The molecule has 2 rings (SSSR count). The van der Waals surface area contributed by atoms with Gasteiger partial charge in [0, 0.05) is 17.7 Å². The van der Waals surface area contributed by atoms with Crippen LogP contribution in [0.1, 0.15) is 16.7 Å². The Labute approximate surface area is 128 Å². The third kappa shape index (κ3) is 4.32. The van der Waals surface area contributed by atoms with E-state index in [1.165, 1.54) is 16.7 Å². The number of pyridine rings is 1. The molecule has 0 N–H and O–H groups in total. The van der Waals surface area contributed by atoms with Crippen LogP contribution in [0.5, 0.6) is 0 Å². The van der Waals surface area contributed by atoms with Crippen LogP contribution in [-0.2, 0) is 12.8 Å². The molecule has 19 heavy (non-hydrogen) atoms. The lowest BCUT2D eigenvalue weighted by atomic mass is 9.94. The lowest BCUT2D eigenvalue weighted by Crippen LogP contribution is -2.10. The predicted molar refractivity (Wildman–Crippen MR) is 85.1 cm³/mol. The lowest BCUT2D eigenvalue weighted by molar-refractivity contribution is 0.591. The zero-order valence-electron chi connectivity index (χ0n) is 10.9. The van der Waals surface area contributed by atoms with Gasteiger partial charge in [-0.15, -0.1) is 0 Å². The van der Waals surface area contributed by atoms with Crippen LogP contribution in [-0.4, -0.2) is 10.3 Å². The van der Waals surface area contributed by atoms with E-state index in [0.29, 0.717) is 5.92 Å². The Morgan fingerprint density at radius 3 is 2.79 bits per heavy atom. The monoisotopic (exact) mass is 337 g/mol. The van der Waals surface area contributed by atoms with Gasteiger partial charge in [0.2, 0.25) is 0 Å². The smallest absolute Gasteiger partial charge is 0.0621 e. The molecule has 1 aromatic carbocycles. The van der Waals surface area contributed by atoms with Crippen LogP contribution >= 0.6 is 27.5 Å². The fourth-order valence-electron chi connectivity index (χ4n) is 2.23. The highest BCUT2D eigenvalue weighted by Crippen LogP contribution is 2.22. The number of alkyl halides is 1. The van der Waals surface area contributed by atoms with Crippen LogP contribution in [0.3, 0.4) is 0 Å². The molecule has 3 heteroatoms. The van der Waals surface area contributed by atoms with Crippen molar-refractivity contribution in [3.63, 3.8) is 0 Å². The van der Waals surface area contributed by atoms with Crippen LogP contribution in [0.2, 0.25) is 5.02 Å². The third-order valence-electron chi connectivity index (χ3n) is 3.19. The highest BCUT2D eigenvalue weighted by molar-refractivity contribution is 9.09. The predicted octanol–water partition coefficient (Wildman–Crippen LogP) is 4.84. The van der Waals surface area contributed by atoms with Crippen molar-refractivity contribution in [1.29, 1.82) is 0 Å². The number of rotatable bonds is 5. The molecular formula is C16H17BrClN. The van der Waals surface area contributed by atoms with Crippen LogP contribution in [0, 0.1) is 12.8 Å². The van der Waals surface area contributed by atoms with Crippen molar-refractivity contribution >= 4 is 27.5 Å². The van der Waals surface area contributed by atoms with Crippen LogP contribution in [0.4, 0.5) is 0 Å².